The number of nitrogens with one attached hydrogen (secondary N) is 1. The Kier molecular flexibility index (Phi) is 7.28. The Bertz CT molecular complexity index is 1350. The van der Waals surface area contributed by atoms with Crippen LogP contribution in [0.5, 0.6) is 5.75 Å². The SMILES string of the molecule is COC(=O)c1ccc(C2CC(CCCNCc3ccc(F)c4ccccc34)Oc3ccccc32)cc1. The van der Waals surface area contributed by atoms with Crippen molar-refractivity contribution in [2.75, 3.05) is 13.7 Å². The van der Waals surface area contributed by atoms with Crippen LogP contribution in [-0.2, 0) is 11.3 Å². The zero-order valence-corrected chi connectivity index (χ0v) is 20.4. The van der Waals surface area contributed by atoms with Gasteiger partial charge >= 0.3 is 5.97 Å². The minimum absolute atomic E-state index is 0.110. The van der Waals surface area contributed by atoms with E-state index in [-0.39, 0.29) is 23.8 Å². The molecule has 1 aliphatic heterocycles. The molecule has 4 nitrogen and oxygen atoms in total. The Morgan fingerprint density at radius 2 is 1.72 bits per heavy atom. The van der Waals surface area contributed by atoms with Gasteiger partial charge in [0.25, 0.3) is 0 Å². The van der Waals surface area contributed by atoms with Crippen molar-refractivity contribution < 1.29 is 18.7 Å². The number of para-hydroxylation sites is 1. The van der Waals surface area contributed by atoms with Gasteiger partial charge in [-0.1, -0.05) is 60.7 Å². The maximum Gasteiger partial charge on any atom is 0.337 e. The molecular formula is C31H30FNO3. The standard InChI is InChI=1S/C31H30FNO3/c1-35-31(34)22-14-12-21(13-15-22)28-19-24(36-30-11-5-4-10-27(28)30)7-6-18-33-20-23-16-17-29(32)26-9-3-2-8-25(23)26/h2-5,8-17,24,28,33H,6-7,18-20H2,1H3. The minimum atomic E-state index is -0.326. The van der Waals surface area contributed by atoms with E-state index in [1.807, 2.05) is 72.8 Å². The molecule has 36 heavy (non-hydrogen) atoms. The van der Waals surface area contributed by atoms with E-state index < -0.39 is 0 Å². The quantitative estimate of drug-likeness (QED) is 0.226. The number of carbonyl (C=O) groups is 1. The number of methoxy groups -OCH3 is 1. The third kappa shape index (κ3) is 5.12. The molecule has 1 heterocycles. The van der Waals surface area contributed by atoms with Gasteiger partial charge in [0, 0.05) is 23.4 Å². The molecule has 184 valence electrons. The van der Waals surface area contributed by atoms with E-state index in [1.165, 1.54) is 18.2 Å². The number of carbonyl (C=O) groups excluding carboxylic acids is 1. The lowest BCUT2D eigenvalue weighted by Gasteiger charge is -2.33. The molecule has 5 rings (SSSR count). The molecule has 0 amide bonds. The Morgan fingerprint density at radius 3 is 2.53 bits per heavy atom. The van der Waals surface area contributed by atoms with Crippen molar-refractivity contribution in [2.24, 2.45) is 0 Å². The topological polar surface area (TPSA) is 47.6 Å². The predicted octanol–water partition coefficient (Wildman–Crippen LogP) is 6.62. The van der Waals surface area contributed by atoms with Crippen molar-refractivity contribution in [3.63, 3.8) is 0 Å². The molecule has 4 aromatic rings. The number of esters is 1. The fourth-order valence-corrected chi connectivity index (χ4v) is 5.11. The molecule has 2 unspecified atom stereocenters. The number of hydrogen-bond acceptors (Lipinski definition) is 4. The summed E-state index contributed by atoms with van der Waals surface area (Å²) in [5, 5.41) is 5.14. The second-order valence-corrected chi connectivity index (χ2v) is 9.25. The summed E-state index contributed by atoms with van der Waals surface area (Å²) >= 11 is 0. The number of rotatable bonds is 8. The summed E-state index contributed by atoms with van der Waals surface area (Å²) in [5.74, 6) is 0.637. The van der Waals surface area contributed by atoms with Crippen molar-refractivity contribution in [2.45, 2.75) is 37.8 Å². The summed E-state index contributed by atoms with van der Waals surface area (Å²) in [4.78, 5) is 11.8. The molecule has 0 bridgehead atoms. The molecule has 0 radical (unpaired) electrons. The van der Waals surface area contributed by atoms with Gasteiger partial charge in [0.15, 0.2) is 0 Å². The average Bonchev–Trinajstić information content (AvgIpc) is 2.93. The molecule has 0 spiro atoms. The lowest BCUT2D eigenvalue weighted by molar-refractivity contribution is 0.0600. The molecule has 0 saturated carbocycles. The molecule has 0 saturated heterocycles. The van der Waals surface area contributed by atoms with Crippen LogP contribution >= 0.6 is 0 Å². The fraction of sp³-hybridized carbons (Fsp3) is 0.258. The molecule has 4 aromatic carbocycles. The molecule has 2 atom stereocenters. The summed E-state index contributed by atoms with van der Waals surface area (Å²) in [5.41, 5.74) is 4.01. The fourth-order valence-electron chi connectivity index (χ4n) is 5.11. The Hall–Kier alpha value is -3.70. The maximum absolute atomic E-state index is 14.1. The lowest BCUT2D eigenvalue weighted by atomic mass is 9.83. The molecule has 1 N–H and O–H groups in total. The Balaban J connectivity index is 1.20. The molecule has 0 aliphatic carbocycles. The van der Waals surface area contributed by atoms with Gasteiger partial charge in [-0.3, -0.25) is 0 Å². The summed E-state index contributed by atoms with van der Waals surface area (Å²) in [6.07, 6.45) is 2.90. The van der Waals surface area contributed by atoms with Gasteiger partial charge in [0.2, 0.25) is 0 Å². The highest BCUT2D eigenvalue weighted by atomic mass is 19.1. The second-order valence-electron chi connectivity index (χ2n) is 9.25. The molecule has 5 heteroatoms. The number of ether oxygens (including phenoxy) is 2. The zero-order valence-electron chi connectivity index (χ0n) is 20.4. The molecule has 0 fully saturated rings. The van der Waals surface area contributed by atoms with Crippen molar-refractivity contribution in [1.82, 2.24) is 5.32 Å². The third-order valence-electron chi connectivity index (χ3n) is 6.98. The Morgan fingerprint density at radius 1 is 0.972 bits per heavy atom. The van der Waals surface area contributed by atoms with Gasteiger partial charge < -0.3 is 14.8 Å². The van der Waals surface area contributed by atoms with Crippen LogP contribution in [0.3, 0.4) is 0 Å². The normalized spacial score (nSPS) is 16.8. The van der Waals surface area contributed by atoms with E-state index in [1.54, 1.807) is 6.07 Å². The van der Waals surface area contributed by atoms with Crippen LogP contribution in [0.4, 0.5) is 4.39 Å². The van der Waals surface area contributed by atoms with Gasteiger partial charge in [0.1, 0.15) is 11.6 Å². The number of halogens is 1. The van der Waals surface area contributed by atoms with E-state index in [0.29, 0.717) is 17.5 Å². The van der Waals surface area contributed by atoms with Crippen molar-refractivity contribution in [3.05, 3.63) is 113 Å². The maximum atomic E-state index is 14.1. The first-order valence-electron chi connectivity index (χ1n) is 12.4. The van der Waals surface area contributed by atoms with Gasteiger partial charge in [-0.25, -0.2) is 9.18 Å². The van der Waals surface area contributed by atoms with Crippen molar-refractivity contribution >= 4 is 16.7 Å². The smallest absolute Gasteiger partial charge is 0.337 e. The van der Waals surface area contributed by atoms with Crippen molar-refractivity contribution in [3.8, 4) is 5.75 Å². The van der Waals surface area contributed by atoms with Crippen LogP contribution < -0.4 is 10.1 Å². The van der Waals surface area contributed by atoms with Crippen LogP contribution in [-0.4, -0.2) is 25.7 Å². The summed E-state index contributed by atoms with van der Waals surface area (Å²) in [6.45, 7) is 1.55. The highest BCUT2D eigenvalue weighted by molar-refractivity contribution is 5.89. The van der Waals surface area contributed by atoms with Gasteiger partial charge in [-0.2, -0.15) is 0 Å². The monoisotopic (exact) mass is 483 g/mol. The second kappa shape index (κ2) is 10.9. The van der Waals surface area contributed by atoms with E-state index in [4.69, 9.17) is 9.47 Å². The van der Waals surface area contributed by atoms with E-state index in [2.05, 4.69) is 11.4 Å². The first-order valence-corrected chi connectivity index (χ1v) is 12.4. The summed E-state index contributed by atoms with van der Waals surface area (Å²) < 4.78 is 25.3. The lowest BCUT2D eigenvalue weighted by Crippen LogP contribution is -2.27. The molecular weight excluding hydrogens is 453 g/mol. The van der Waals surface area contributed by atoms with Crippen LogP contribution in [0.25, 0.3) is 10.8 Å². The summed E-state index contributed by atoms with van der Waals surface area (Å²) in [7, 11) is 1.40. The van der Waals surface area contributed by atoms with Gasteiger partial charge in [-0.15, -0.1) is 0 Å². The third-order valence-corrected chi connectivity index (χ3v) is 6.98. The zero-order chi connectivity index (χ0) is 24.9. The largest absolute Gasteiger partial charge is 0.490 e. The van der Waals surface area contributed by atoms with Gasteiger partial charge in [0.05, 0.1) is 18.8 Å². The van der Waals surface area contributed by atoms with E-state index >= 15 is 0 Å². The highest BCUT2D eigenvalue weighted by Gasteiger charge is 2.29. The Labute approximate surface area is 211 Å². The van der Waals surface area contributed by atoms with E-state index in [0.717, 1.165) is 42.5 Å². The first kappa shape index (κ1) is 24.0. The molecule has 1 aliphatic rings. The summed E-state index contributed by atoms with van der Waals surface area (Å²) in [6, 6.07) is 26.9. The van der Waals surface area contributed by atoms with Gasteiger partial charge in [-0.05, 0) is 66.6 Å². The van der Waals surface area contributed by atoms with Crippen LogP contribution in [0.2, 0.25) is 0 Å². The number of fused-ring (bicyclic) bond motifs is 2. The van der Waals surface area contributed by atoms with E-state index in [9.17, 15) is 9.18 Å². The van der Waals surface area contributed by atoms with Crippen LogP contribution in [0, 0.1) is 5.82 Å². The average molecular weight is 484 g/mol. The number of hydrogen-bond donors (Lipinski definition) is 1. The number of benzene rings is 4. The predicted molar refractivity (Wildman–Crippen MR) is 140 cm³/mol. The highest BCUT2D eigenvalue weighted by Crippen LogP contribution is 2.41. The minimum Gasteiger partial charge on any atom is -0.490 e. The molecule has 0 aromatic heterocycles. The van der Waals surface area contributed by atoms with Crippen molar-refractivity contribution in [1.29, 1.82) is 0 Å². The van der Waals surface area contributed by atoms with Crippen LogP contribution in [0.15, 0.2) is 84.9 Å². The van der Waals surface area contributed by atoms with Crippen LogP contribution in [0.1, 0.15) is 52.2 Å². The first-order chi connectivity index (χ1) is 17.6.